The molecule has 6 atom stereocenters. The Balaban J connectivity index is 5.23. The molecule has 0 aromatic heterocycles. The van der Waals surface area contributed by atoms with E-state index in [1.54, 1.807) is 0 Å². The third-order valence-corrected chi connectivity index (χ3v) is 17.3. The maximum absolute atomic E-state index is 13.0. The molecule has 0 amide bonds. The second-order valence-corrected chi connectivity index (χ2v) is 28.4. The predicted octanol–water partition coefficient (Wildman–Crippen LogP) is 18.1. The van der Waals surface area contributed by atoms with Crippen LogP contribution in [0.4, 0.5) is 0 Å². The lowest BCUT2D eigenvalue weighted by atomic mass is 9.99. The maximum atomic E-state index is 13.0. The first kappa shape index (κ1) is 83.1. The molecule has 0 rings (SSSR count). The summed E-state index contributed by atoms with van der Waals surface area (Å²) in [5.74, 6) is 0.774. The quantitative estimate of drug-likeness (QED) is 0.0222. The molecular weight excluding hydrogens is 1130 g/mol. The number of rotatable bonds is 63. The van der Waals surface area contributed by atoms with Crippen molar-refractivity contribution in [1.29, 1.82) is 0 Å². The second-order valence-electron chi connectivity index (χ2n) is 25.5. The van der Waals surface area contributed by atoms with E-state index in [9.17, 15) is 43.2 Å². The summed E-state index contributed by atoms with van der Waals surface area (Å²) in [5, 5.41) is 10.5. The monoisotopic (exact) mass is 1250 g/mol. The van der Waals surface area contributed by atoms with Crippen molar-refractivity contribution in [1.82, 2.24) is 0 Å². The Morgan fingerprint density at radius 1 is 0.329 bits per heavy atom. The van der Waals surface area contributed by atoms with Gasteiger partial charge in [-0.25, -0.2) is 9.13 Å². The number of phosphoric ester groups is 2. The molecule has 0 aromatic carbocycles. The maximum Gasteiger partial charge on any atom is 0.472 e. The second kappa shape index (κ2) is 56.1. The van der Waals surface area contributed by atoms with Gasteiger partial charge < -0.3 is 33.8 Å². The zero-order valence-electron chi connectivity index (χ0n) is 55.2. The summed E-state index contributed by atoms with van der Waals surface area (Å²) in [6.07, 6.45) is 36.4. The number of ether oxygens (including phenoxy) is 4. The van der Waals surface area contributed by atoms with Gasteiger partial charge in [0, 0.05) is 25.7 Å². The molecule has 0 saturated carbocycles. The van der Waals surface area contributed by atoms with Gasteiger partial charge >= 0.3 is 39.5 Å². The van der Waals surface area contributed by atoms with Gasteiger partial charge in [-0.3, -0.25) is 37.3 Å². The highest BCUT2D eigenvalue weighted by Crippen LogP contribution is 2.45. The molecule has 17 nitrogen and oxygen atoms in total. The highest BCUT2D eigenvalue weighted by atomic mass is 31.2. The van der Waals surface area contributed by atoms with Gasteiger partial charge in [0.1, 0.15) is 19.3 Å². The van der Waals surface area contributed by atoms with Gasteiger partial charge in [0.2, 0.25) is 0 Å². The van der Waals surface area contributed by atoms with E-state index in [1.807, 2.05) is 0 Å². The van der Waals surface area contributed by atoms with Crippen LogP contribution >= 0.6 is 15.6 Å². The van der Waals surface area contributed by atoms with Crippen LogP contribution in [0.5, 0.6) is 0 Å². The Hall–Kier alpha value is -1.94. The van der Waals surface area contributed by atoms with Crippen molar-refractivity contribution in [3.63, 3.8) is 0 Å². The van der Waals surface area contributed by atoms with Gasteiger partial charge in [-0.2, -0.15) is 0 Å². The van der Waals surface area contributed by atoms with Crippen LogP contribution in [0, 0.1) is 23.7 Å². The number of hydrogen-bond donors (Lipinski definition) is 3. The van der Waals surface area contributed by atoms with Crippen molar-refractivity contribution in [3.05, 3.63) is 0 Å². The Morgan fingerprint density at radius 2 is 0.565 bits per heavy atom. The first-order valence-electron chi connectivity index (χ1n) is 34.2. The predicted molar refractivity (Wildman–Crippen MR) is 340 cm³/mol. The van der Waals surface area contributed by atoms with Crippen LogP contribution < -0.4 is 0 Å². The van der Waals surface area contributed by atoms with Gasteiger partial charge in [-0.05, 0) is 49.4 Å². The number of phosphoric acid groups is 2. The first-order valence-corrected chi connectivity index (χ1v) is 37.2. The standard InChI is InChI=1S/C66H128O17P2/c1-9-59(8)45-37-29-20-15-16-22-32-40-48-65(70)82-61(52-77-64(69)47-39-31-23-17-19-27-35-43-57(4)5)54-80-84(72,73)78-50-60(67)51-79-85(74,75)81-55-62(83-66(71)49-41-33-25-24-28-36-44-58(6)7)53-76-63(68)46-38-30-21-14-12-10-11-13-18-26-34-42-56(2)3/h56-62,67H,9-55H2,1-8H3,(H,72,73)(H,74,75)/t59?,60?,61-,62-/m1/s1. The van der Waals surface area contributed by atoms with E-state index >= 15 is 0 Å². The molecule has 504 valence electrons. The van der Waals surface area contributed by atoms with E-state index in [-0.39, 0.29) is 25.7 Å². The SMILES string of the molecule is CCC(C)CCCCCCCCCCC(=O)O[C@H](COC(=O)CCCCCCCCCC(C)C)COP(=O)(O)OCC(O)COP(=O)(O)OC[C@@H](COC(=O)CCCCCCCCCCCCCC(C)C)OC(=O)CCCCCCCCC(C)C. The molecule has 19 heteroatoms. The number of aliphatic hydroxyl groups is 1. The minimum absolute atomic E-state index is 0.101. The molecule has 4 unspecified atom stereocenters. The molecular formula is C66H128O17P2. The third kappa shape index (κ3) is 59.5. The van der Waals surface area contributed by atoms with Crippen LogP contribution in [0.25, 0.3) is 0 Å². The summed E-state index contributed by atoms with van der Waals surface area (Å²) >= 11 is 0. The number of hydrogen-bond acceptors (Lipinski definition) is 15. The Labute approximate surface area is 517 Å². The van der Waals surface area contributed by atoms with Crippen LogP contribution in [0.1, 0.15) is 319 Å². The van der Waals surface area contributed by atoms with Crippen LogP contribution in [-0.4, -0.2) is 96.7 Å². The number of esters is 4. The topological polar surface area (TPSA) is 237 Å². The number of aliphatic hydroxyl groups excluding tert-OH is 1. The Kier molecular flexibility index (Phi) is 54.8. The Morgan fingerprint density at radius 3 is 0.835 bits per heavy atom. The minimum atomic E-state index is -4.95. The van der Waals surface area contributed by atoms with E-state index in [2.05, 4.69) is 55.4 Å². The molecule has 0 aliphatic carbocycles. The average molecular weight is 1260 g/mol. The molecule has 0 spiro atoms. The van der Waals surface area contributed by atoms with Gasteiger partial charge in [-0.15, -0.1) is 0 Å². The molecule has 0 aliphatic heterocycles. The molecule has 0 aliphatic rings. The van der Waals surface area contributed by atoms with Crippen molar-refractivity contribution in [2.75, 3.05) is 39.6 Å². The summed E-state index contributed by atoms with van der Waals surface area (Å²) in [5.41, 5.74) is 0. The molecule has 0 aromatic rings. The lowest BCUT2D eigenvalue weighted by Gasteiger charge is -2.21. The number of carbonyl (C=O) groups excluding carboxylic acids is 4. The molecule has 0 radical (unpaired) electrons. The molecule has 0 saturated heterocycles. The fraction of sp³-hybridized carbons (Fsp3) is 0.939. The van der Waals surface area contributed by atoms with E-state index in [1.165, 1.54) is 116 Å². The van der Waals surface area contributed by atoms with E-state index < -0.39 is 97.5 Å². The normalized spacial score (nSPS) is 14.7. The average Bonchev–Trinajstić information content (AvgIpc) is 3.56. The summed E-state index contributed by atoms with van der Waals surface area (Å²) in [7, 11) is -9.89. The number of unbranched alkanes of at least 4 members (excludes halogenated alkanes) is 28. The summed E-state index contributed by atoms with van der Waals surface area (Å²) < 4.78 is 68.0. The molecule has 0 bridgehead atoms. The van der Waals surface area contributed by atoms with Gasteiger partial charge in [-0.1, -0.05) is 267 Å². The third-order valence-electron chi connectivity index (χ3n) is 15.4. The zero-order valence-corrected chi connectivity index (χ0v) is 57.0. The van der Waals surface area contributed by atoms with Crippen LogP contribution in [0.2, 0.25) is 0 Å². The largest absolute Gasteiger partial charge is 0.472 e. The van der Waals surface area contributed by atoms with E-state index in [4.69, 9.17) is 37.0 Å². The highest BCUT2D eigenvalue weighted by molar-refractivity contribution is 7.47. The summed E-state index contributed by atoms with van der Waals surface area (Å²) in [4.78, 5) is 72.3. The first-order chi connectivity index (χ1) is 40.6. The summed E-state index contributed by atoms with van der Waals surface area (Å²) in [6, 6.07) is 0. The van der Waals surface area contributed by atoms with Crippen LogP contribution in [-0.2, 0) is 65.4 Å². The van der Waals surface area contributed by atoms with Crippen molar-refractivity contribution >= 4 is 39.5 Å². The van der Waals surface area contributed by atoms with Gasteiger partial charge in [0.15, 0.2) is 12.2 Å². The highest BCUT2D eigenvalue weighted by Gasteiger charge is 2.30. The summed E-state index contributed by atoms with van der Waals surface area (Å²) in [6.45, 7) is 14.0. The lowest BCUT2D eigenvalue weighted by molar-refractivity contribution is -0.161. The van der Waals surface area contributed by atoms with Crippen molar-refractivity contribution in [2.24, 2.45) is 23.7 Å². The fourth-order valence-electron chi connectivity index (χ4n) is 9.75. The minimum Gasteiger partial charge on any atom is -0.462 e. The molecule has 3 N–H and O–H groups in total. The van der Waals surface area contributed by atoms with Crippen LogP contribution in [0.3, 0.4) is 0 Å². The Bertz CT molecular complexity index is 1700. The lowest BCUT2D eigenvalue weighted by Crippen LogP contribution is -2.30. The van der Waals surface area contributed by atoms with Crippen molar-refractivity contribution in [2.45, 2.75) is 337 Å². The molecule has 0 heterocycles. The van der Waals surface area contributed by atoms with E-state index in [0.29, 0.717) is 37.5 Å². The molecule has 85 heavy (non-hydrogen) atoms. The van der Waals surface area contributed by atoms with E-state index in [0.717, 1.165) is 108 Å². The van der Waals surface area contributed by atoms with Crippen molar-refractivity contribution in [3.8, 4) is 0 Å². The number of carbonyl (C=O) groups is 4. The molecule has 0 fully saturated rings. The van der Waals surface area contributed by atoms with Gasteiger partial charge in [0.05, 0.1) is 26.4 Å². The fourth-order valence-corrected chi connectivity index (χ4v) is 11.3. The smallest absolute Gasteiger partial charge is 0.462 e. The zero-order chi connectivity index (χ0) is 63.2. The van der Waals surface area contributed by atoms with Gasteiger partial charge in [0.25, 0.3) is 0 Å². The van der Waals surface area contributed by atoms with Crippen molar-refractivity contribution < 1.29 is 80.2 Å². The van der Waals surface area contributed by atoms with Crippen LogP contribution in [0.15, 0.2) is 0 Å².